The Labute approximate surface area is 178 Å². The molecular formula is C23H18ClN3O3. The van der Waals surface area contributed by atoms with Crippen molar-refractivity contribution in [1.82, 2.24) is 15.5 Å². The molecule has 1 unspecified atom stereocenters. The number of hydrogen-bond donors (Lipinski definition) is 1. The second-order valence-corrected chi connectivity index (χ2v) is 6.85. The third kappa shape index (κ3) is 4.04. The Morgan fingerprint density at radius 3 is 2.43 bits per heavy atom. The number of carbonyl (C=O) groups is 1. The van der Waals surface area contributed by atoms with Gasteiger partial charge >= 0.3 is 0 Å². The van der Waals surface area contributed by atoms with Gasteiger partial charge in [0.2, 0.25) is 11.8 Å². The molecule has 4 rings (SSSR count). The van der Waals surface area contributed by atoms with Crippen LogP contribution in [0.1, 0.15) is 27.9 Å². The van der Waals surface area contributed by atoms with E-state index in [1.807, 2.05) is 48.5 Å². The summed E-state index contributed by atoms with van der Waals surface area (Å²) in [6, 6.07) is 22.8. The van der Waals surface area contributed by atoms with Gasteiger partial charge in [0.05, 0.1) is 12.7 Å². The maximum absolute atomic E-state index is 13.0. The van der Waals surface area contributed by atoms with Crippen molar-refractivity contribution in [3.05, 3.63) is 101 Å². The number of halogens is 1. The van der Waals surface area contributed by atoms with Crippen molar-refractivity contribution in [3.8, 4) is 17.2 Å². The molecule has 0 fully saturated rings. The van der Waals surface area contributed by atoms with E-state index in [1.165, 1.54) is 7.11 Å². The number of para-hydroxylation sites is 1. The van der Waals surface area contributed by atoms with Crippen LogP contribution in [-0.4, -0.2) is 23.2 Å². The molecule has 7 heteroatoms. The lowest BCUT2D eigenvalue weighted by Crippen LogP contribution is -2.30. The van der Waals surface area contributed by atoms with E-state index in [-0.39, 0.29) is 11.8 Å². The number of rotatable bonds is 6. The first-order valence-electron chi connectivity index (χ1n) is 9.24. The number of carbonyl (C=O) groups excluding carboxylic acids is 1. The van der Waals surface area contributed by atoms with E-state index in [2.05, 4.69) is 15.5 Å². The molecule has 0 bridgehead atoms. The van der Waals surface area contributed by atoms with Crippen molar-refractivity contribution in [3.63, 3.8) is 0 Å². The Kier molecular flexibility index (Phi) is 5.77. The third-order valence-corrected chi connectivity index (χ3v) is 4.90. The summed E-state index contributed by atoms with van der Waals surface area (Å²) in [6.45, 7) is 0. The van der Waals surface area contributed by atoms with Gasteiger partial charge in [0, 0.05) is 16.1 Å². The first-order chi connectivity index (χ1) is 14.7. The first-order valence-corrected chi connectivity index (χ1v) is 9.62. The summed E-state index contributed by atoms with van der Waals surface area (Å²) in [4.78, 5) is 13.0. The summed E-state index contributed by atoms with van der Waals surface area (Å²) in [5.41, 5.74) is 1.82. The molecule has 1 amide bonds. The lowest BCUT2D eigenvalue weighted by atomic mass is 10.1. The van der Waals surface area contributed by atoms with Crippen LogP contribution in [0.3, 0.4) is 0 Å². The second-order valence-electron chi connectivity index (χ2n) is 6.44. The minimum Gasteiger partial charge on any atom is -0.496 e. The van der Waals surface area contributed by atoms with Crippen LogP contribution in [0.15, 0.2) is 83.3 Å². The van der Waals surface area contributed by atoms with E-state index in [9.17, 15) is 4.79 Å². The second kappa shape index (κ2) is 8.80. The molecule has 1 heterocycles. The number of ether oxygens (including phenoxy) is 1. The van der Waals surface area contributed by atoms with Gasteiger partial charge < -0.3 is 14.5 Å². The SMILES string of the molecule is COc1ccccc1C(=O)NC(c1nnc(-c2ccccc2)o1)c1ccccc1Cl. The molecule has 30 heavy (non-hydrogen) atoms. The van der Waals surface area contributed by atoms with Gasteiger partial charge in [-0.05, 0) is 30.3 Å². The molecule has 1 aromatic heterocycles. The van der Waals surface area contributed by atoms with Gasteiger partial charge in [-0.15, -0.1) is 10.2 Å². The Balaban J connectivity index is 1.72. The molecule has 0 saturated heterocycles. The summed E-state index contributed by atoms with van der Waals surface area (Å²) in [5.74, 6) is 0.694. The zero-order valence-corrected chi connectivity index (χ0v) is 16.8. The van der Waals surface area contributed by atoms with Crippen LogP contribution >= 0.6 is 11.6 Å². The zero-order valence-electron chi connectivity index (χ0n) is 16.1. The van der Waals surface area contributed by atoms with Crippen LogP contribution in [0.2, 0.25) is 5.02 Å². The van der Waals surface area contributed by atoms with Gasteiger partial charge in [0.15, 0.2) is 0 Å². The lowest BCUT2D eigenvalue weighted by Gasteiger charge is -2.18. The van der Waals surface area contributed by atoms with Crippen LogP contribution in [-0.2, 0) is 0 Å². The van der Waals surface area contributed by atoms with Gasteiger partial charge in [-0.1, -0.05) is 60.1 Å². The highest BCUT2D eigenvalue weighted by molar-refractivity contribution is 6.31. The van der Waals surface area contributed by atoms with E-state index < -0.39 is 6.04 Å². The van der Waals surface area contributed by atoms with Crippen LogP contribution in [0, 0.1) is 0 Å². The predicted molar refractivity (Wildman–Crippen MR) is 113 cm³/mol. The third-order valence-electron chi connectivity index (χ3n) is 4.55. The fourth-order valence-corrected chi connectivity index (χ4v) is 3.32. The number of amides is 1. The number of nitrogens with one attached hydrogen (secondary N) is 1. The van der Waals surface area contributed by atoms with E-state index in [4.69, 9.17) is 20.8 Å². The van der Waals surface area contributed by atoms with Crippen LogP contribution in [0.4, 0.5) is 0 Å². The minimum absolute atomic E-state index is 0.227. The molecule has 0 aliphatic carbocycles. The molecule has 4 aromatic rings. The monoisotopic (exact) mass is 419 g/mol. The van der Waals surface area contributed by atoms with Crippen LogP contribution < -0.4 is 10.1 Å². The molecule has 6 nitrogen and oxygen atoms in total. The Bertz CT molecular complexity index is 1160. The molecule has 3 aromatic carbocycles. The largest absolute Gasteiger partial charge is 0.496 e. The molecule has 0 aliphatic heterocycles. The van der Waals surface area contributed by atoms with Crippen molar-refractivity contribution in [2.45, 2.75) is 6.04 Å². The number of aromatic nitrogens is 2. The standard InChI is InChI=1S/C23H18ClN3O3/c1-29-19-14-8-6-12-17(19)21(28)25-20(16-11-5-7-13-18(16)24)23-27-26-22(30-23)15-9-3-2-4-10-15/h2-14,20H,1H3,(H,25,28). The van der Waals surface area contributed by atoms with Crippen molar-refractivity contribution in [2.24, 2.45) is 0 Å². The maximum Gasteiger partial charge on any atom is 0.255 e. The minimum atomic E-state index is -0.735. The van der Waals surface area contributed by atoms with Crippen LogP contribution in [0.5, 0.6) is 5.75 Å². The molecular weight excluding hydrogens is 402 g/mol. The van der Waals surface area contributed by atoms with Crippen molar-refractivity contribution >= 4 is 17.5 Å². The van der Waals surface area contributed by atoms with Crippen molar-refractivity contribution < 1.29 is 13.9 Å². The van der Waals surface area contributed by atoms with E-state index in [0.717, 1.165) is 5.56 Å². The van der Waals surface area contributed by atoms with E-state index >= 15 is 0 Å². The smallest absolute Gasteiger partial charge is 0.255 e. The fourth-order valence-electron chi connectivity index (χ4n) is 3.07. The summed E-state index contributed by atoms with van der Waals surface area (Å²) in [5, 5.41) is 11.7. The molecule has 1 N–H and O–H groups in total. The lowest BCUT2D eigenvalue weighted by molar-refractivity contribution is 0.0935. The summed E-state index contributed by atoms with van der Waals surface area (Å²) < 4.78 is 11.2. The summed E-state index contributed by atoms with van der Waals surface area (Å²) in [7, 11) is 1.52. The molecule has 0 saturated carbocycles. The quantitative estimate of drug-likeness (QED) is 0.480. The highest BCUT2D eigenvalue weighted by Gasteiger charge is 2.26. The van der Waals surface area contributed by atoms with Crippen LogP contribution in [0.25, 0.3) is 11.5 Å². The Morgan fingerprint density at radius 1 is 0.967 bits per heavy atom. The Morgan fingerprint density at radius 2 is 1.67 bits per heavy atom. The molecule has 0 spiro atoms. The van der Waals surface area contributed by atoms with Crippen molar-refractivity contribution in [1.29, 1.82) is 0 Å². The fraction of sp³-hybridized carbons (Fsp3) is 0.0870. The summed E-state index contributed by atoms with van der Waals surface area (Å²) in [6.07, 6.45) is 0. The number of methoxy groups -OCH3 is 1. The van der Waals surface area contributed by atoms with Gasteiger partial charge in [0.25, 0.3) is 5.91 Å². The van der Waals surface area contributed by atoms with E-state index in [1.54, 1.807) is 30.3 Å². The van der Waals surface area contributed by atoms with Gasteiger partial charge in [-0.2, -0.15) is 0 Å². The number of benzene rings is 3. The van der Waals surface area contributed by atoms with E-state index in [0.29, 0.717) is 27.8 Å². The molecule has 1 atom stereocenters. The van der Waals surface area contributed by atoms with Crippen molar-refractivity contribution in [2.75, 3.05) is 7.11 Å². The predicted octanol–water partition coefficient (Wildman–Crippen LogP) is 4.92. The number of hydrogen-bond acceptors (Lipinski definition) is 5. The van der Waals surface area contributed by atoms with Gasteiger partial charge in [0.1, 0.15) is 11.8 Å². The topological polar surface area (TPSA) is 77.2 Å². The zero-order chi connectivity index (χ0) is 20.9. The Hall–Kier alpha value is -3.64. The number of nitrogens with zero attached hydrogens (tertiary/aromatic N) is 2. The first kappa shape index (κ1) is 19.7. The average Bonchev–Trinajstić information content (AvgIpc) is 3.28. The molecule has 0 radical (unpaired) electrons. The maximum atomic E-state index is 13.0. The molecule has 150 valence electrons. The highest BCUT2D eigenvalue weighted by atomic mass is 35.5. The normalized spacial score (nSPS) is 11.7. The van der Waals surface area contributed by atoms with Gasteiger partial charge in [-0.25, -0.2) is 0 Å². The summed E-state index contributed by atoms with van der Waals surface area (Å²) >= 11 is 6.41. The average molecular weight is 420 g/mol. The molecule has 0 aliphatic rings. The van der Waals surface area contributed by atoms with Gasteiger partial charge in [-0.3, -0.25) is 4.79 Å². The highest BCUT2D eigenvalue weighted by Crippen LogP contribution is 2.30.